The second kappa shape index (κ2) is 11.3. The van der Waals surface area contributed by atoms with Crippen LogP contribution in [0.1, 0.15) is 92.4 Å². The van der Waals surface area contributed by atoms with E-state index in [1.54, 1.807) is 0 Å². The van der Waals surface area contributed by atoms with Gasteiger partial charge in [-0.3, -0.25) is 0 Å². The normalized spacial score (nSPS) is 14.3. The number of hydrogen-bond donors (Lipinski definition) is 0. The fraction of sp³-hybridized carbons (Fsp3) is 0.850. The van der Waals surface area contributed by atoms with Crippen molar-refractivity contribution in [2.45, 2.75) is 98.5 Å². The quantitative estimate of drug-likeness (QED) is 0.444. The maximum atomic E-state index is 12.1. The van der Waals surface area contributed by atoms with Gasteiger partial charge < -0.3 is 4.74 Å². The van der Waals surface area contributed by atoms with Gasteiger partial charge in [-0.1, -0.05) is 79.6 Å². The molecular formula is C20H37N3O2. The standard InChI is InChI=1S/C20H37N3O2/c1-6-8-9-10-11-12-13-17(3)14-20(4,5)18(7-2)25-19(24)23-16-21-15-22-23/h15-18H,6-14H2,1-5H3. The fourth-order valence-electron chi connectivity index (χ4n) is 3.68. The smallest absolute Gasteiger partial charge is 0.436 e. The summed E-state index contributed by atoms with van der Waals surface area (Å²) >= 11 is 0. The summed E-state index contributed by atoms with van der Waals surface area (Å²) in [5.74, 6) is 0.639. The highest BCUT2D eigenvalue weighted by Gasteiger charge is 2.33. The van der Waals surface area contributed by atoms with Gasteiger partial charge in [-0.2, -0.15) is 4.68 Å². The Morgan fingerprint density at radius 1 is 1.16 bits per heavy atom. The average Bonchev–Trinajstić information content (AvgIpc) is 3.09. The van der Waals surface area contributed by atoms with Gasteiger partial charge in [0, 0.05) is 5.41 Å². The van der Waals surface area contributed by atoms with E-state index in [9.17, 15) is 4.79 Å². The molecule has 144 valence electrons. The molecular weight excluding hydrogens is 314 g/mol. The summed E-state index contributed by atoms with van der Waals surface area (Å²) in [6, 6.07) is 0. The van der Waals surface area contributed by atoms with Crippen molar-refractivity contribution in [2.24, 2.45) is 11.3 Å². The minimum Gasteiger partial charge on any atom is -0.444 e. The zero-order chi connectivity index (χ0) is 18.7. The summed E-state index contributed by atoms with van der Waals surface area (Å²) in [5.41, 5.74) is -0.0490. The number of carbonyl (C=O) groups excluding carboxylic acids is 1. The lowest BCUT2D eigenvalue weighted by Crippen LogP contribution is -2.36. The van der Waals surface area contributed by atoms with E-state index < -0.39 is 6.09 Å². The molecule has 1 rings (SSSR count). The van der Waals surface area contributed by atoms with Crippen molar-refractivity contribution >= 4 is 6.09 Å². The van der Waals surface area contributed by atoms with E-state index in [0.717, 1.165) is 17.5 Å². The topological polar surface area (TPSA) is 57.0 Å². The molecule has 5 nitrogen and oxygen atoms in total. The van der Waals surface area contributed by atoms with Crippen LogP contribution in [0.15, 0.2) is 12.7 Å². The Labute approximate surface area is 153 Å². The van der Waals surface area contributed by atoms with E-state index in [1.807, 2.05) is 0 Å². The first-order valence-electron chi connectivity index (χ1n) is 9.96. The van der Waals surface area contributed by atoms with Crippen LogP contribution in [0.25, 0.3) is 0 Å². The van der Waals surface area contributed by atoms with Gasteiger partial charge in [0.1, 0.15) is 18.8 Å². The number of aromatic nitrogens is 3. The van der Waals surface area contributed by atoms with Crippen LogP contribution in [0.2, 0.25) is 0 Å². The Morgan fingerprint density at radius 2 is 1.84 bits per heavy atom. The number of rotatable bonds is 12. The highest BCUT2D eigenvalue weighted by atomic mass is 16.6. The molecule has 1 aromatic rings. The molecule has 0 saturated carbocycles. The summed E-state index contributed by atoms with van der Waals surface area (Å²) in [6.45, 7) is 11.0. The third kappa shape index (κ3) is 8.02. The molecule has 0 aliphatic heterocycles. The van der Waals surface area contributed by atoms with Crippen molar-refractivity contribution in [3.05, 3.63) is 12.7 Å². The minimum absolute atomic E-state index is 0.0490. The molecule has 5 heteroatoms. The fourth-order valence-corrected chi connectivity index (χ4v) is 3.68. The van der Waals surface area contributed by atoms with Crippen molar-refractivity contribution < 1.29 is 9.53 Å². The van der Waals surface area contributed by atoms with Gasteiger partial charge in [-0.15, -0.1) is 5.10 Å². The monoisotopic (exact) mass is 351 g/mol. The summed E-state index contributed by atoms with van der Waals surface area (Å²) < 4.78 is 6.85. The highest BCUT2D eigenvalue weighted by molar-refractivity contribution is 5.69. The van der Waals surface area contributed by atoms with Crippen molar-refractivity contribution in [1.82, 2.24) is 14.8 Å². The van der Waals surface area contributed by atoms with Gasteiger partial charge in [0.15, 0.2) is 0 Å². The van der Waals surface area contributed by atoms with E-state index in [-0.39, 0.29) is 11.5 Å². The SMILES string of the molecule is CCCCCCCCC(C)CC(C)(C)C(CC)OC(=O)n1cncn1. The number of carbonyl (C=O) groups is 1. The zero-order valence-electron chi connectivity index (χ0n) is 16.8. The number of hydrogen-bond acceptors (Lipinski definition) is 4. The van der Waals surface area contributed by atoms with E-state index >= 15 is 0 Å². The predicted molar refractivity (Wildman–Crippen MR) is 102 cm³/mol. The van der Waals surface area contributed by atoms with E-state index in [0.29, 0.717) is 5.92 Å². The van der Waals surface area contributed by atoms with Crippen molar-refractivity contribution in [1.29, 1.82) is 0 Å². The number of ether oxygens (including phenoxy) is 1. The Bertz CT molecular complexity index is 471. The lowest BCUT2D eigenvalue weighted by atomic mass is 9.76. The first kappa shape index (κ1) is 21.7. The zero-order valence-corrected chi connectivity index (χ0v) is 16.8. The summed E-state index contributed by atoms with van der Waals surface area (Å²) in [6.07, 6.45) is 13.3. The third-order valence-electron chi connectivity index (χ3n) is 5.02. The first-order chi connectivity index (χ1) is 11.9. The summed E-state index contributed by atoms with van der Waals surface area (Å²) in [5, 5.41) is 3.85. The summed E-state index contributed by atoms with van der Waals surface area (Å²) in [4.78, 5) is 15.9. The van der Waals surface area contributed by atoms with E-state index in [2.05, 4.69) is 44.7 Å². The summed E-state index contributed by atoms with van der Waals surface area (Å²) in [7, 11) is 0. The molecule has 0 aromatic carbocycles. The van der Waals surface area contributed by atoms with Crippen LogP contribution in [0, 0.1) is 11.3 Å². The van der Waals surface area contributed by atoms with E-state index in [1.165, 1.54) is 57.6 Å². The molecule has 1 heterocycles. The van der Waals surface area contributed by atoms with Crippen LogP contribution in [0.3, 0.4) is 0 Å². The molecule has 0 spiro atoms. The van der Waals surface area contributed by atoms with Gasteiger partial charge in [0.2, 0.25) is 0 Å². The number of nitrogens with zero attached hydrogens (tertiary/aromatic N) is 3. The van der Waals surface area contributed by atoms with Crippen molar-refractivity contribution in [3.63, 3.8) is 0 Å². The first-order valence-corrected chi connectivity index (χ1v) is 9.96. The molecule has 2 unspecified atom stereocenters. The van der Waals surface area contributed by atoms with Gasteiger partial charge in [0.05, 0.1) is 0 Å². The molecule has 0 radical (unpaired) electrons. The average molecular weight is 352 g/mol. The third-order valence-corrected chi connectivity index (χ3v) is 5.02. The molecule has 0 N–H and O–H groups in total. The van der Waals surface area contributed by atoms with Gasteiger partial charge >= 0.3 is 6.09 Å². The lowest BCUT2D eigenvalue weighted by Gasteiger charge is -2.35. The van der Waals surface area contributed by atoms with Crippen LogP contribution in [-0.2, 0) is 4.74 Å². The second-order valence-electron chi connectivity index (χ2n) is 7.98. The Balaban J connectivity index is 2.40. The molecule has 0 amide bonds. The molecule has 0 bridgehead atoms. The molecule has 0 saturated heterocycles. The molecule has 25 heavy (non-hydrogen) atoms. The maximum absolute atomic E-state index is 12.1. The van der Waals surface area contributed by atoms with Crippen LogP contribution in [-0.4, -0.2) is 27.0 Å². The molecule has 0 aliphatic rings. The van der Waals surface area contributed by atoms with Crippen molar-refractivity contribution in [2.75, 3.05) is 0 Å². The van der Waals surface area contributed by atoms with Gasteiger partial charge in [-0.05, 0) is 18.8 Å². The highest BCUT2D eigenvalue weighted by Crippen LogP contribution is 2.35. The minimum atomic E-state index is -0.444. The molecule has 0 aliphatic carbocycles. The Hall–Kier alpha value is -1.39. The maximum Gasteiger partial charge on any atom is 0.436 e. The van der Waals surface area contributed by atoms with Gasteiger partial charge in [0.25, 0.3) is 0 Å². The van der Waals surface area contributed by atoms with Crippen molar-refractivity contribution in [3.8, 4) is 0 Å². The van der Waals surface area contributed by atoms with E-state index in [4.69, 9.17) is 4.74 Å². The van der Waals surface area contributed by atoms with Gasteiger partial charge in [-0.25, -0.2) is 9.78 Å². The second-order valence-corrected chi connectivity index (χ2v) is 7.98. The Kier molecular flexibility index (Phi) is 9.76. The number of unbranched alkanes of at least 4 members (excludes halogenated alkanes) is 5. The van der Waals surface area contributed by atoms with Crippen LogP contribution >= 0.6 is 0 Å². The Morgan fingerprint density at radius 3 is 2.44 bits per heavy atom. The molecule has 1 aromatic heterocycles. The lowest BCUT2D eigenvalue weighted by molar-refractivity contribution is 0.00728. The molecule has 2 atom stereocenters. The molecule has 0 fully saturated rings. The largest absolute Gasteiger partial charge is 0.444 e. The van der Waals surface area contributed by atoms with Crippen LogP contribution in [0.5, 0.6) is 0 Å². The predicted octanol–water partition coefficient (Wildman–Crippen LogP) is 5.84. The van der Waals surface area contributed by atoms with Crippen LogP contribution < -0.4 is 0 Å². The van der Waals surface area contributed by atoms with Crippen LogP contribution in [0.4, 0.5) is 4.79 Å².